The quantitative estimate of drug-likeness (QED) is 0.849. The Morgan fingerprint density at radius 1 is 1.29 bits per heavy atom. The number of aromatic nitrogens is 2. The number of carbonyl (C=O) groups is 1. The molecule has 0 bridgehead atoms. The Bertz CT molecular complexity index is 577. The number of aryl methyl sites for hydroxylation is 1. The summed E-state index contributed by atoms with van der Waals surface area (Å²) in [6, 6.07) is 9.96. The van der Waals surface area contributed by atoms with Gasteiger partial charge in [-0.15, -0.1) is 0 Å². The number of nitrogens with one attached hydrogen (secondary N) is 2. The number of anilines is 1. The molecule has 0 saturated carbocycles. The van der Waals surface area contributed by atoms with Gasteiger partial charge < -0.3 is 5.32 Å². The van der Waals surface area contributed by atoms with Crippen molar-refractivity contribution in [2.45, 2.75) is 39.5 Å². The van der Waals surface area contributed by atoms with Crippen LogP contribution in [-0.4, -0.2) is 16.1 Å². The molecule has 2 unspecified atom stereocenters. The molecule has 0 saturated heterocycles. The van der Waals surface area contributed by atoms with Gasteiger partial charge in [0.2, 0.25) is 5.91 Å². The van der Waals surface area contributed by atoms with Crippen LogP contribution >= 0.6 is 0 Å². The van der Waals surface area contributed by atoms with Crippen molar-refractivity contribution in [3.05, 3.63) is 47.7 Å². The smallest absolute Gasteiger partial charge is 0.233 e. The Hall–Kier alpha value is -2.10. The molecular weight excluding hydrogens is 262 g/mol. The molecule has 1 heterocycles. The monoisotopic (exact) mass is 285 g/mol. The minimum atomic E-state index is -0.149. The summed E-state index contributed by atoms with van der Waals surface area (Å²) in [5.74, 6) is 0.867. The van der Waals surface area contributed by atoms with Crippen LogP contribution in [0.1, 0.15) is 44.2 Å². The van der Waals surface area contributed by atoms with Gasteiger partial charge in [0.15, 0.2) is 0 Å². The lowest BCUT2D eigenvalue weighted by Crippen LogP contribution is -2.26. The van der Waals surface area contributed by atoms with Crippen molar-refractivity contribution in [2.75, 3.05) is 5.32 Å². The molecule has 4 heteroatoms. The van der Waals surface area contributed by atoms with E-state index in [1.54, 1.807) is 6.20 Å². The van der Waals surface area contributed by atoms with Crippen molar-refractivity contribution in [1.29, 1.82) is 0 Å². The predicted octanol–water partition coefficient (Wildman–Crippen LogP) is 3.74. The van der Waals surface area contributed by atoms with E-state index in [1.165, 1.54) is 0 Å². The molecule has 0 aliphatic rings. The van der Waals surface area contributed by atoms with E-state index in [0.29, 0.717) is 5.82 Å². The molecule has 4 nitrogen and oxygen atoms in total. The number of hydrogen-bond acceptors (Lipinski definition) is 2. The highest BCUT2D eigenvalue weighted by Crippen LogP contribution is 2.28. The normalized spacial score (nSPS) is 13.7. The van der Waals surface area contributed by atoms with E-state index in [9.17, 15) is 4.79 Å². The van der Waals surface area contributed by atoms with Crippen LogP contribution < -0.4 is 5.32 Å². The average Bonchev–Trinajstić information content (AvgIpc) is 2.95. The Morgan fingerprint density at radius 3 is 2.62 bits per heavy atom. The van der Waals surface area contributed by atoms with Gasteiger partial charge >= 0.3 is 0 Å². The summed E-state index contributed by atoms with van der Waals surface area (Å²) < 4.78 is 0. The van der Waals surface area contributed by atoms with E-state index < -0.39 is 0 Å². The van der Waals surface area contributed by atoms with Crippen molar-refractivity contribution in [3.8, 4) is 0 Å². The van der Waals surface area contributed by atoms with E-state index in [-0.39, 0.29) is 17.7 Å². The fraction of sp³-hybridized carbons (Fsp3) is 0.412. The Kier molecular flexibility index (Phi) is 5.14. The van der Waals surface area contributed by atoms with Crippen molar-refractivity contribution >= 4 is 11.7 Å². The molecule has 1 amide bonds. The van der Waals surface area contributed by atoms with E-state index in [0.717, 1.165) is 24.0 Å². The largest absolute Gasteiger partial charge is 0.310 e. The van der Waals surface area contributed by atoms with Gasteiger partial charge in [-0.25, -0.2) is 0 Å². The van der Waals surface area contributed by atoms with Gasteiger partial charge in [-0.3, -0.25) is 9.89 Å². The van der Waals surface area contributed by atoms with Crippen LogP contribution in [0.5, 0.6) is 0 Å². The third kappa shape index (κ3) is 3.51. The molecule has 0 aliphatic carbocycles. The van der Waals surface area contributed by atoms with Gasteiger partial charge in [-0.2, -0.15) is 5.10 Å². The second-order valence-corrected chi connectivity index (χ2v) is 5.39. The number of H-pyrrole nitrogens is 1. The van der Waals surface area contributed by atoms with Crippen LogP contribution in [0.2, 0.25) is 0 Å². The molecule has 0 radical (unpaired) electrons. The standard InChI is InChI=1S/C17H23N3O/c1-4-12(3)15(14-9-7-6-8-10-14)17(21)19-16-13(5-2)11-18-20-16/h6-12,15H,4-5H2,1-3H3,(H2,18,19,20,21). The summed E-state index contributed by atoms with van der Waals surface area (Å²) in [4.78, 5) is 12.7. The summed E-state index contributed by atoms with van der Waals surface area (Å²) in [7, 11) is 0. The van der Waals surface area contributed by atoms with Gasteiger partial charge in [0.25, 0.3) is 0 Å². The molecule has 2 N–H and O–H groups in total. The maximum atomic E-state index is 12.7. The third-order valence-corrected chi connectivity index (χ3v) is 4.00. The van der Waals surface area contributed by atoms with E-state index in [4.69, 9.17) is 0 Å². The fourth-order valence-corrected chi connectivity index (χ4v) is 2.52. The van der Waals surface area contributed by atoms with Crippen LogP contribution in [0, 0.1) is 5.92 Å². The fourth-order valence-electron chi connectivity index (χ4n) is 2.52. The number of carbonyl (C=O) groups excluding carboxylic acids is 1. The van der Waals surface area contributed by atoms with Gasteiger partial charge in [0.1, 0.15) is 5.82 Å². The zero-order valence-electron chi connectivity index (χ0n) is 12.9. The summed E-state index contributed by atoms with van der Waals surface area (Å²) in [5, 5.41) is 9.87. The molecule has 0 aliphatic heterocycles. The first-order valence-corrected chi connectivity index (χ1v) is 7.55. The predicted molar refractivity (Wildman–Crippen MR) is 85.2 cm³/mol. The minimum Gasteiger partial charge on any atom is -0.310 e. The van der Waals surface area contributed by atoms with Crippen molar-refractivity contribution in [3.63, 3.8) is 0 Å². The van der Waals surface area contributed by atoms with Crippen LogP contribution in [0.15, 0.2) is 36.5 Å². The first-order chi connectivity index (χ1) is 10.2. The Labute approximate surface area is 126 Å². The lowest BCUT2D eigenvalue weighted by molar-refractivity contribution is -0.118. The molecule has 112 valence electrons. The minimum absolute atomic E-state index is 0.0227. The molecule has 1 aromatic carbocycles. The summed E-state index contributed by atoms with van der Waals surface area (Å²) in [5.41, 5.74) is 2.08. The van der Waals surface area contributed by atoms with Gasteiger partial charge in [0.05, 0.1) is 12.1 Å². The molecule has 0 fully saturated rings. The van der Waals surface area contributed by atoms with Crippen LogP contribution in [-0.2, 0) is 11.2 Å². The second kappa shape index (κ2) is 7.07. The number of hydrogen-bond donors (Lipinski definition) is 2. The van der Waals surface area contributed by atoms with Crippen molar-refractivity contribution < 1.29 is 4.79 Å². The Morgan fingerprint density at radius 2 is 2.00 bits per heavy atom. The summed E-state index contributed by atoms with van der Waals surface area (Å²) in [6.45, 7) is 6.27. The topological polar surface area (TPSA) is 57.8 Å². The van der Waals surface area contributed by atoms with Crippen LogP contribution in [0.4, 0.5) is 5.82 Å². The lowest BCUT2D eigenvalue weighted by atomic mass is 9.85. The lowest BCUT2D eigenvalue weighted by Gasteiger charge is -2.22. The highest BCUT2D eigenvalue weighted by molar-refractivity contribution is 5.95. The molecule has 1 aromatic heterocycles. The molecular formula is C17H23N3O. The number of nitrogens with zero attached hydrogens (tertiary/aromatic N) is 1. The Balaban J connectivity index is 2.23. The van der Waals surface area contributed by atoms with Crippen LogP contribution in [0.3, 0.4) is 0 Å². The first kappa shape index (κ1) is 15.3. The number of benzene rings is 1. The van der Waals surface area contributed by atoms with Gasteiger partial charge in [-0.1, -0.05) is 57.5 Å². The average molecular weight is 285 g/mol. The van der Waals surface area contributed by atoms with E-state index >= 15 is 0 Å². The molecule has 21 heavy (non-hydrogen) atoms. The zero-order valence-corrected chi connectivity index (χ0v) is 12.9. The van der Waals surface area contributed by atoms with Gasteiger partial charge in [-0.05, 0) is 17.9 Å². The molecule has 2 atom stereocenters. The third-order valence-electron chi connectivity index (χ3n) is 4.00. The van der Waals surface area contributed by atoms with Crippen LogP contribution in [0.25, 0.3) is 0 Å². The highest BCUT2D eigenvalue weighted by atomic mass is 16.2. The van der Waals surface area contributed by atoms with E-state index in [1.807, 2.05) is 37.3 Å². The summed E-state index contributed by atoms with van der Waals surface area (Å²) >= 11 is 0. The van der Waals surface area contributed by atoms with Crippen molar-refractivity contribution in [2.24, 2.45) is 5.92 Å². The highest BCUT2D eigenvalue weighted by Gasteiger charge is 2.26. The molecule has 2 rings (SSSR count). The SMILES string of the molecule is CCc1cn[nH]c1NC(=O)C(c1ccccc1)C(C)CC. The number of rotatable bonds is 6. The second-order valence-electron chi connectivity index (χ2n) is 5.39. The maximum Gasteiger partial charge on any atom is 0.233 e. The van der Waals surface area contributed by atoms with Crippen molar-refractivity contribution in [1.82, 2.24) is 10.2 Å². The van der Waals surface area contributed by atoms with Gasteiger partial charge in [0, 0.05) is 5.56 Å². The zero-order chi connectivity index (χ0) is 15.2. The van der Waals surface area contributed by atoms with E-state index in [2.05, 4.69) is 29.4 Å². The molecule has 2 aromatic rings. The maximum absolute atomic E-state index is 12.7. The first-order valence-electron chi connectivity index (χ1n) is 7.55. The summed E-state index contributed by atoms with van der Waals surface area (Å²) in [6.07, 6.45) is 3.55. The number of aromatic amines is 1. The molecule has 0 spiro atoms. The number of amides is 1.